The largest absolute Gasteiger partial charge is 0.380 e. The summed E-state index contributed by atoms with van der Waals surface area (Å²) < 4.78 is 5.32. The first-order chi connectivity index (χ1) is 4.79. The molecule has 1 rings (SSSR count). The number of hydrogen-bond acceptors (Lipinski definition) is 2. The van der Waals surface area contributed by atoms with E-state index in [1.165, 1.54) is 12.8 Å². The molecule has 0 spiro atoms. The fourth-order valence-electron chi connectivity index (χ4n) is 1.34. The summed E-state index contributed by atoms with van der Waals surface area (Å²) in [5.41, 5.74) is 0. The average Bonchev–Trinajstić information content (AvgIpc) is 1.88. The van der Waals surface area contributed by atoms with Crippen molar-refractivity contribution in [3.05, 3.63) is 0 Å². The predicted octanol–water partition coefficient (Wildman–Crippen LogP) is 1.16. The molecule has 2 nitrogen and oxygen atoms in total. The van der Waals surface area contributed by atoms with Crippen LogP contribution in [-0.4, -0.2) is 25.3 Å². The van der Waals surface area contributed by atoms with Gasteiger partial charge in [0.15, 0.2) is 0 Å². The Kier molecular flexibility index (Phi) is 3.16. The highest BCUT2D eigenvalue weighted by molar-refractivity contribution is 4.71. The molecule has 1 fully saturated rings. The lowest BCUT2D eigenvalue weighted by Gasteiger charge is -2.24. The van der Waals surface area contributed by atoms with Crippen LogP contribution in [0.2, 0.25) is 0 Å². The monoisotopic (exact) mass is 143 g/mol. The van der Waals surface area contributed by atoms with Crippen LogP contribution < -0.4 is 5.32 Å². The topological polar surface area (TPSA) is 21.3 Å². The molecule has 0 aromatic heterocycles. The van der Waals surface area contributed by atoms with Crippen LogP contribution in [0.5, 0.6) is 0 Å². The molecule has 0 amide bonds. The lowest BCUT2D eigenvalue weighted by molar-refractivity contribution is 0.0678. The molecule has 1 heterocycles. The van der Waals surface area contributed by atoms with E-state index >= 15 is 0 Å². The molecule has 0 saturated carbocycles. The Morgan fingerprint density at radius 3 is 2.80 bits per heavy atom. The molecular formula is C8H17NO. The first kappa shape index (κ1) is 8.02. The molecule has 0 aromatic rings. The standard InChI is InChI=1S/C8H17NO/c1-7(2)9-8-4-3-5-10-6-8/h7-9H,3-6H2,1-2H3/t8-/m0/s1. The van der Waals surface area contributed by atoms with Crippen LogP contribution in [-0.2, 0) is 4.74 Å². The van der Waals surface area contributed by atoms with Gasteiger partial charge in [-0.3, -0.25) is 0 Å². The van der Waals surface area contributed by atoms with Gasteiger partial charge in [0.05, 0.1) is 6.61 Å². The van der Waals surface area contributed by atoms with Gasteiger partial charge in [0, 0.05) is 18.7 Å². The van der Waals surface area contributed by atoms with E-state index in [2.05, 4.69) is 19.2 Å². The second kappa shape index (κ2) is 3.94. The van der Waals surface area contributed by atoms with E-state index in [4.69, 9.17) is 4.74 Å². The van der Waals surface area contributed by atoms with Crippen LogP contribution in [0, 0.1) is 0 Å². The number of ether oxygens (including phenoxy) is 1. The van der Waals surface area contributed by atoms with E-state index in [9.17, 15) is 0 Å². The van der Waals surface area contributed by atoms with E-state index in [1.54, 1.807) is 0 Å². The number of hydrogen-bond donors (Lipinski definition) is 1. The van der Waals surface area contributed by atoms with Crippen molar-refractivity contribution >= 4 is 0 Å². The Bertz CT molecular complexity index is 87.3. The van der Waals surface area contributed by atoms with E-state index in [0.29, 0.717) is 12.1 Å². The molecule has 0 aromatic carbocycles. The highest BCUT2D eigenvalue weighted by Crippen LogP contribution is 2.05. The molecule has 2 heteroatoms. The van der Waals surface area contributed by atoms with Crippen molar-refractivity contribution < 1.29 is 4.74 Å². The summed E-state index contributed by atoms with van der Waals surface area (Å²) in [5.74, 6) is 0. The molecule has 60 valence electrons. The van der Waals surface area contributed by atoms with Crippen LogP contribution in [0.15, 0.2) is 0 Å². The summed E-state index contributed by atoms with van der Waals surface area (Å²) in [6.45, 7) is 6.21. The Morgan fingerprint density at radius 2 is 2.30 bits per heavy atom. The Morgan fingerprint density at radius 1 is 1.50 bits per heavy atom. The zero-order valence-corrected chi connectivity index (χ0v) is 6.89. The minimum absolute atomic E-state index is 0.590. The highest BCUT2D eigenvalue weighted by Gasteiger charge is 2.13. The van der Waals surface area contributed by atoms with Crippen LogP contribution >= 0.6 is 0 Å². The summed E-state index contributed by atoms with van der Waals surface area (Å²) in [6, 6.07) is 1.19. The zero-order chi connectivity index (χ0) is 7.40. The molecule has 10 heavy (non-hydrogen) atoms. The van der Waals surface area contributed by atoms with Crippen LogP contribution in [0.1, 0.15) is 26.7 Å². The molecule has 1 saturated heterocycles. The molecular weight excluding hydrogens is 126 g/mol. The van der Waals surface area contributed by atoms with Crippen molar-refractivity contribution in [3.8, 4) is 0 Å². The molecule has 0 radical (unpaired) electrons. The fraction of sp³-hybridized carbons (Fsp3) is 1.00. The maximum atomic E-state index is 5.32. The van der Waals surface area contributed by atoms with Gasteiger partial charge in [-0.15, -0.1) is 0 Å². The first-order valence-electron chi connectivity index (χ1n) is 4.13. The normalized spacial score (nSPS) is 27.3. The average molecular weight is 143 g/mol. The molecule has 0 aliphatic carbocycles. The second-order valence-electron chi connectivity index (χ2n) is 3.24. The third kappa shape index (κ3) is 2.67. The maximum absolute atomic E-state index is 5.32. The van der Waals surface area contributed by atoms with Crippen molar-refractivity contribution in [2.75, 3.05) is 13.2 Å². The fourth-order valence-corrected chi connectivity index (χ4v) is 1.34. The summed E-state index contributed by atoms with van der Waals surface area (Å²) in [7, 11) is 0. The molecule has 0 bridgehead atoms. The van der Waals surface area contributed by atoms with Gasteiger partial charge in [0.1, 0.15) is 0 Å². The lowest BCUT2D eigenvalue weighted by atomic mass is 10.1. The summed E-state index contributed by atoms with van der Waals surface area (Å²) in [6.07, 6.45) is 2.49. The van der Waals surface area contributed by atoms with E-state index in [-0.39, 0.29) is 0 Å². The minimum atomic E-state index is 0.590. The molecule has 1 N–H and O–H groups in total. The van der Waals surface area contributed by atoms with Gasteiger partial charge in [-0.05, 0) is 12.8 Å². The Labute approximate surface area is 63.0 Å². The van der Waals surface area contributed by atoms with Gasteiger partial charge in [-0.1, -0.05) is 13.8 Å². The quantitative estimate of drug-likeness (QED) is 0.626. The van der Waals surface area contributed by atoms with Crippen LogP contribution in [0.3, 0.4) is 0 Å². The smallest absolute Gasteiger partial charge is 0.0619 e. The van der Waals surface area contributed by atoms with Crippen molar-refractivity contribution in [1.82, 2.24) is 5.32 Å². The summed E-state index contributed by atoms with van der Waals surface area (Å²) in [4.78, 5) is 0. The van der Waals surface area contributed by atoms with Gasteiger partial charge in [-0.25, -0.2) is 0 Å². The Hall–Kier alpha value is -0.0800. The summed E-state index contributed by atoms with van der Waals surface area (Å²) in [5, 5.41) is 3.46. The molecule has 1 atom stereocenters. The van der Waals surface area contributed by atoms with Gasteiger partial charge >= 0.3 is 0 Å². The van der Waals surface area contributed by atoms with E-state index in [1.807, 2.05) is 0 Å². The predicted molar refractivity (Wildman–Crippen MR) is 42.1 cm³/mol. The molecule has 1 aliphatic heterocycles. The number of rotatable bonds is 2. The third-order valence-corrected chi connectivity index (χ3v) is 1.73. The van der Waals surface area contributed by atoms with Crippen molar-refractivity contribution in [1.29, 1.82) is 0 Å². The van der Waals surface area contributed by atoms with Crippen LogP contribution in [0.4, 0.5) is 0 Å². The minimum Gasteiger partial charge on any atom is -0.380 e. The Balaban J connectivity index is 2.13. The number of nitrogens with one attached hydrogen (secondary N) is 1. The highest BCUT2D eigenvalue weighted by atomic mass is 16.5. The van der Waals surface area contributed by atoms with Gasteiger partial charge in [0.25, 0.3) is 0 Å². The first-order valence-corrected chi connectivity index (χ1v) is 4.13. The van der Waals surface area contributed by atoms with Gasteiger partial charge in [0.2, 0.25) is 0 Å². The van der Waals surface area contributed by atoms with Crippen molar-refractivity contribution in [3.63, 3.8) is 0 Å². The zero-order valence-electron chi connectivity index (χ0n) is 6.89. The van der Waals surface area contributed by atoms with Crippen LogP contribution in [0.25, 0.3) is 0 Å². The van der Waals surface area contributed by atoms with Gasteiger partial charge < -0.3 is 10.1 Å². The maximum Gasteiger partial charge on any atom is 0.0619 e. The molecule has 1 aliphatic rings. The van der Waals surface area contributed by atoms with E-state index in [0.717, 1.165) is 13.2 Å². The third-order valence-electron chi connectivity index (χ3n) is 1.73. The molecule has 0 unspecified atom stereocenters. The van der Waals surface area contributed by atoms with Crippen molar-refractivity contribution in [2.24, 2.45) is 0 Å². The van der Waals surface area contributed by atoms with E-state index < -0.39 is 0 Å². The summed E-state index contributed by atoms with van der Waals surface area (Å²) >= 11 is 0. The van der Waals surface area contributed by atoms with Crippen molar-refractivity contribution in [2.45, 2.75) is 38.8 Å². The SMILES string of the molecule is CC(C)N[C@H]1CCCOC1. The second-order valence-corrected chi connectivity index (χ2v) is 3.24. The lowest BCUT2D eigenvalue weighted by Crippen LogP contribution is -2.40. The van der Waals surface area contributed by atoms with Gasteiger partial charge in [-0.2, -0.15) is 0 Å².